The summed E-state index contributed by atoms with van der Waals surface area (Å²) in [6, 6.07) is 12.1. The molecule has 4 rings (SSSR count). The van der Waals surface area contributed by atoms with Crippen molar-refractivity contribution >= 4 is 63.7 Å². The highest BCUT2D eigenvalue weighted by atomic mass is 35.5. The molecule has 29 heavy (non-hydrogen) atoms. The van der Waals surface area contributed by atoms with Crippen molar-refractivity contribution in [2.24, 2.45) is 0 Å². The lowest BCUT2D eigenvalue weighted by atomic mass is 9.82. The van der Waals surface area contributed by atoms with Gasteiger partial charge in [0.15, 0.2) is 11.6 Å². The zero-order chi connectivity index (χ0) is 20.9. The van der Waals surface area contributed by atoms with Crippen LogP contribution in [-0.4, -0.2) is 17.5 Å². The number of halogens is 3. The Morgan fingerprint density at radius 2 is 1.45 bits per heavy atom. The van der Waals surface area contributed by atoms with Crippen molar-refractivity contribution in [2.45, 2.75) is 0 Å². The summed E-state index contributed by atoms with van der Waals surface area (Å²) in [6.45, 7) is 0. The Kier molecular flexibility index (Phi) is 4.82. The van der Waals surface area contributed by atoms with Gasteiger partial charge in [-0.1, -0.05) is 59.1 Å². The van der Waals surface area contributed by atoms with Gasteiger partial charge in [0.1, 0.15) is 0 Å². The Balaban J connectivity index is 1.86. The normalized spacial score (nSPS) is 12.4. The van der Waals surface area contributed by atoms with Crippen LogP contribution in [0.15, 0.2) is 48.5 Å². The number of nitrogens with one attached hydrogen (secondary N) is 1. The molecule has 5 nitrogen and oxygen atoms in total. The maximum Gasteiger partial charge on any atom is 0.257 e. The molecule has 0 bridgehead atoms. The number of nitrogens with two attached hydrogens (primary N) is 1. The van der Waals surface area contributed by atoms with Gasteiger partial charge < -0.3 is 11.1 Å². The van der Waals surface area contributed by atoms with Crippen molar-refractivity contribution in [3.05, 3.63) is 91.4 Å². The summed E-state index contributed by atoms with van der Waals surface area (Å²) in [4.78, 5) is 38.9. The number of benzene rings is 3. The highest BCUT2D eigenvalue weighted by Gasteiger charge is 2.35. The second kappa shape index (κ2) is 7.19. The summed E-state index contributed by atoms with van der Waals surface area (Å²) in [5.74, 6) is -1.46. The molecule has 0 fully saturated rings. The minimum atomic E-state index is -0.589. The number of carbonyl (C=O) groups is 3. The predicted molar refractivity (Wildman–Crippen MR) is 114 cm³/mol. The van der Waals surface area contributed by atoms with E-state index in [0.29, 0.717) is 5.02 Å². The SMILES string of the molecule is Nc1c(Cl)cc(NC(=O)c2ccc(Cl)cc2Cl)c2c1C(=O)c1ccccc1C2=O. The minimum Gasteiger partial charge on any atom is -0.397 e. The van der Waals surface area contributed by atoms with E-state index in [1.807, 2.05) is 0 Å². The first kappa shape index (κ1) is 19.5. The number of carbonyl (C=O) groups excluding carboxylic acids is 3. The van der Waals surface area contributed by atoms with Gasteiger partial charge in [0.05, 0.1) is 38.1 Å². The van der Waals surface area contributed by atoms with E-state index in [0.717, 1.165) is 0 Å². The summed E-state index contributed by atoms with van der Waals surface area (Å²) in [5, 5.41) is 3.17. The molecule has 8 heteroatoms. The quantitative estimate of drug-likeness (QED) is 0.412. The van der Waals surface area contributed by atoms with E-state index >= 15 is 0 Å². The predicted octanol–water partition coefficient (Wildman–Crippen LogP) is 5.26. The second-order valence-corrected chi connectivity index (χ2v) is 7.60. The van der Waals surface area contributed by atoms with Gasteiger partial charge in [0, 0.05) is 16.1 Å². The van der Waals surface area contributed by atoms with Gasteiger partial charge in [-0.3, -0.25) is 14.4 Å². The van der Waals surface area contributed by atoms with Gasteiger partial charge >= 0.3 is 0 Å². The van der Waals surface area contributed by atoms with E-state index in [4.69, 9.17) is 40.5 Å². The standard InChI is InChI=1S/C21H11Cl3N2O3/c22-9-5-6-12(13(23)7-9)21(29)26-15-8-14(24)18(25)17-16(15)19(27)10-3-1-2-4-11(10)20(17)28/h1-8H,25H2,(H,26,29). The number of rotatable bonds is 2. The zero-order valence-corrected chi connectivity index (χ0v) is 16.8. The van der Waals surface area contributed by atoms with Crippen molar-refractivity contribution in [1.29, 1.82) is 0 Å². The van der Waals surface area contributed by atoms with Crippen molar-refractivity contribution in [3.8, 4) is 0 Å². The molecule has 0 saturated heterocycles. The molecule has 3 aromatic rings. The van der Waals surface area contributed by atoms with E-state index in [1.54, 1.807) is 24.3 Å². The first-order valence-electron chi connectivity index (χ1n) is 8.36. The molecule has 1 aliphatic rings. The van der Waals surface area contributed by atoms with Gasteiger partial charge in [0.25, 0.3) is 5.91 Å². The van der Waals surface area contributed by atoms with E-state index in [2.05, 4.69) is 5.32 Å². The molecule has 0 spiro atoms. The minimum absolute atomic E-state index is 0.00552. The molecule has 144 valence electrons. The topological polar surface area (TPSA) is 89.3 Å². The largest absolute Gasteiger partial charge is 0.397 e. The molecular weight excluding hydrogens is 435 g/mol. The fourth-order valence-electron chi connectivity index (χ4n) is 3.25. The van der Waals surface area contributed by atoms with Gasteiger partial charge in [-0.2, -0.15) is 0 Å². The molecular formula is C21H11Cl3N2O3. The first-order chi connectivity index (χ1) is 13.8. The van der Waals surface area contributed by atoms with E-state index in [-0.39, 0.29) is 49.2 Å². The maximum atomic E-state index is 13.1. The van der Waals surface area contributed by atoms with Crippen LogP contribution in [0.4, 0.5) is 11.4 Å². The summed E-state index contributed by atoms with van der Waals surface area (Å²) in [5.41, 5.74) is 6.64. The lowest BCUT2D eigenvalue weighted by Crippen LogP contribution is -2.25. The number of fused-ring (bicyclic) bond motifs is 2. The van der Waals surface area contributed by atoms with Gasteiger partial charge in [-0.25, -0.2) is 0 Å². The van der Waals surface area contributed by atoms with Crippen LogP contribution in [0.25, 0.3) is 0 Å². The fourth-order valence-corrected chi connectivity index (χ4v) is 3.95. The van der Waals surface area contributed by atoms with Crippen LogP contribution >= 0.6 is 34.8 Å². The molecule has 0 aromatic heterocycles. The Bertz CT molecular complexity index is 1240. The Hall–Kier alpha value is -2.86. The molecule has 3 N–H and O–H groups in total. The van der Waals surface area contributed by atoms with Crippen LogP contribution < -0.4 is 11.1 Å². The number of nitrogen functional groups attached to an aromatic ring is 1. The van der Waals surface area contributed by atoms with E-state index in [1.165, 1.54) is 24.3 Å². The molecule has 1 amide bonds. The highest BCUT2D eigenvalue weighted by molar-refractivity contribution is 6.39. The van der Waals surface area contributed by atoms with Crippen molar-refractivity contribution in [1.82, 2.24) is 0 Å². The van der Waals surface area contributed by atoms with Gasteiger partial charge in [-0.15, -0.1) is 0 Å². The first-order valence-corrected chi connectivity index (χ1v) is 9.49. The molecule has 0 heterocycles. The van der Waals surface area contributed by atoms with Crippen LogP contribution in [0.3, 0.4) is 0 Å². The zero-order valence-electron chi connectivity index (χ0n) is 14.6. The third-order valence-electron chi connectivity index (χ3n) is 4.61. The Morgan fingerprint density at radius 1 is 0.828 bits per heavy atom. The molecule has 1 aliphatic carbocycles. The van der Waals surface area contributed by atoms with Crippen LogP contribution in [0, 0.1) is 0 Å². The second-order valence-electron chi connectivity index (χ2n) is 6.35. The number of hydrogen-bond acceptors (Lipinski definition) is 4. The van der Waals surface area contributed by atoms with Crippen LogP contribution in [0.2, 0.25) is 15.1 Å². The molecule has 0 radical (unpaired) electrons. The van der Waals surface area contributed by atoms with Crippen molar-refractivity contribution < 1.29 is 14.4 Å². The summed E-state index contributed by atoms with van der Waals surface area (Å²) in [6.07, 6.45) is 0. The molecule has 0 atom stereocenters. The third kappa shape index (κ3) is 3.17. The smallest absolute Gasteiger partial charge is 0.257 e. The van der Waals surface area contributed by atoms with Crippen molar-refractivity contribution in [2.75, 3.05) is 11.1 Å². The Labute approximate surface area is 180 Å². The number of amides is 1. The van der Waals surface area contributed by atoms with Crippen molar-refractivity contribution in [3.63, 3.8) is 0 Å². The molecule has 0 saturated carbocycles. The number of anilines is 2. The van der Waals surface area contributed by atoms with Gasteiger partial charge in [0.2, 0.25) is 0 Å². The van der Waals surface area contributed by atoms with Crippen LogP contribution in [-0.2, 0) is 0 Å². The van der Waals surface area contributed by atoms with Crippen LogP contribution in [0.1, 0.15) is 42.2 Å². The maximum absolute atomic E-state index is 13.1. The summed E-state index contributed by atoms with van der Waals surface area (Å²) >= 11 is 18.2. The lowest BCUT2D eigenvalue weighted by Gasteiger charge is -2.22. The monoisotopic (exact) mass is 444 g/mol. The number of ketones is 2. The fraction of sp³-hybridized carbons (Fsp3) is 0. The molecule has 0 unspecified atom stereocenters. The van der Waals surface area contributed by atoms with E-state index in [9.17, 15) is 14.4 Å². The van der Waals surface area contributed by atoms with Gasteiger partial charge in [-0.05, 0) is 24.3 Å². The third-order valence-corrected chi connectivity index (χ3v) is 5.47. The highest BCUT2D eigenvalue weighted by Crippen LogP contribution is 2.39. The average molecular weight is 446 g/mol. The lowest BCUT2D eigenvalue weighted by molar-refractivity contribution is 0.0979. The average Bonchev–Trinajstić information content (AvgIpc) is 2.68. The summed E-state index contributed by atoms with van der Waals surface area (Å²) in [7, 11) is 0. The number of hydrogen-bond donors (Lipinski definition) is 2. The van der Waals surface area contributed by atoms with E-state index < -0.39 is 17.5 Å². The Morgan fingerprint density at radius 3 is 2.07 bits per heavy atom. The summed E-state index contributed by atoms with van der Waals surface area (Å²) < 4.78 is 0. The molecule has 3 aromatic carbocycles. The molecule has 0 aliphatic heterocycles. The van der Waals surface area contributed by atoms with Crippen LogP contribution in [0.5, 0.6) is 0 Å².